The number of para-hydroxylation sites is 1. The van der Waals surface area contributed by atoms with Crippen molar-refractivity contribution in [1.82, 2.24) is 0 Å². The van der Waals surface area contributed by atoms with Crippen LogP contribution in [0.1, 0.15) is 23.6 Å². The van der Waals surface area contributed by atoms with Crippen LogP contribution >= 0.6 is 0 Å². The van der Waals surface area contributed by atoms with Gasteiger partial charge in [-0.1, -0.05) is 55.1 Å². The van der Waals surface area contributed by atoms with Gasteiger partial charge in [0.25, 0.3) is 0 Å². The van der Waals surface area contributed by atoms with E-state index in [1.54, 1.807) is 31.2 Å². The summed E-state index contributed by atoms with van der Waals surface area (Å²) in [6, 6.07) is 14.7. The van der Waals surface area contributed by atoms with E-state index in [0.29, 0.717) is 12.0 Å². The number of rotatable bonds is 4. The van der Waals surface area contributed by atoms with Gasteiger partial charge in [0.15, 0.2) is 0 Å². The Labute approximate surface area is 113 Å². The number of benzene rings is 2. The number of aromatic hydroxyl groups is 1. The van der Waals surface area contributed by atoms with Gasteiger partial charge >= 0.3 is 0 Å². The monoisotopic (exact) mass is 254 g/mol. The second-order valence-corrected chi connectivity index (χ2v) is 4.87. The number of hydrogen-bond donors (Lipinski definition) is 2. The third-order valence-electron chi connectivity index (χ3n) is 3.29. The van der Waals surface area contributed by atoms with Gasteiger partial charge in [-0.15, -0.1) is 0 Å². The molecule has 0 radical (unpaired) electrons. The van der Waals surface area contributed by atoms with E-state index < -0.39 is 5.60 Å². The van der Waals surface area contributed by atoms with Crippen LogP contribution in [-0.2, 0) is 12.0 Å². The summed E-state index contributed by atoms with van der Waals surface area (Å²) >= 11 is 0. The Hall–Kier alpha value is -2.06. The van der Waals surface area contributed by atoms with Crippen molar-refractivity contribution >= 4 is 6.08 Å². The first-order chi connectivity index (χ1) is 9.04. The zero-order chi connectivity index (χ0) is 13.9. The molecular formula is C17H18O2. The van der Waals surface area contributed by atoms with Crippen molar-refractivity contribution in [3.63, 3.8) is 0 Å². The molecule has 0 saturated heterocycles. The molecule has 2 aromatic carbocycles. The maximum atomic E-state index is 10.6. The minimum Gasteiger partial charge on any atom is -0.508 e. The van der Waals surface area contributed by atoms with E-state index in [4.69, 9.17) is 0 Å². The van der Waals surface area contributed by atoms with Gasteiger partial charge in [-0.2, -0.15) is 0 Å². The molecule has 0 amide bonds. The minimum absolute atomic E-state index is 0.114. The highest BCUT2D eigenvalue weighted by Gasteiger charge is 2.26. The zero-order valence-corrected chi connectivity index (χ0v) is 11.0. The fourth-order valence-electron chi connectivity index (χ4n) is 2.29. The Morgan fingerprint density at radius 1 is 1.11 bits per heavy atom. The first-order valence-corrected chi connectivity index (χ1v) is 6.26. The van der Waals surface area contributed by atoms with Crippen LogP contribution in [0.2, 0.25) is 0 Å². The lowest BCUT2D eigenvalue weighted by molar-refractivity contribution is 0.0550. The zero-order valence-electron chi connectivity index (χ0n) is 11.0. The Bertz CT molecular complexity index is 585. The Morgan fingerprint density at radius 2 is 1.74 bits per heavy atom. The van der Waals surface area contributed by atoms with Gasteiger partial charge in [-0.3, -0.25) is 0 Å². The molecule has 0 aliphatic heterocycles. The van der Waals surface area contributed by atoms with E-state index in [1.165, 1.54) is 0 Å². The molecule has 19 heavy (non-hydrogen) atoms. The van der Waals surface area contributed by atoms with Gasteiger partial charge in [0.2, 0.25) is 0 Å². The van der Waals surface area contributed by atoms with Gasteiger partial charge < -0.3 is 10.2 Å². The molecule has 0 fully saturated rings. The summed E-state index contributed by atoms with van der Waals surface area (Å²) in [6.45, 7) is 5.49. The predicted molar refractivity (Wildman–Crippen MR) is 77.9 cm³/mol. The van der Waals surface area contributed by atoms with Gasteiger partial charge in [-0.25, -0.2) is 0 Å². The quantitative estimate of drug-likeness (QED) is 0.877. The fourth-order valence-corrected chi connectivity index (χ4v) is 2.29. The maximum Gasteiger partial charge on any atom is 0.121 e. The summed E-state index contributed by atoms with van der Waals surface area (Å²) in [5, 5.41) is 20.5. The van der Waals surface area contributed by atoms with E-state index in [-0.39, 0.29) is 5.75 Å². The number of aliphatic hydroxyl groups is 1. The number of hydrogen-bond acceptors (Lipinski definition) is 2. The van der Waals surface area contributed by atoms with Crippen LogP contribution in [0.4, 0.5) is 0 Å². The molecule has 0 heterocycles. The largest absolute Gasteiger partial charge is 0.508 e. The van der Waals surface area contributed by atoms with Crippen molar-refractivity contribution in [2.75, 3.05) is 0 Å². The smallest absolute Gasteiger partial charge is 0.121 e. The summed E-state index contributed by atoms with van der Waals surface area (Å²) in [7, 11) is 0. The number of phenols is 1. The van der Waals surface area contributed by atoms with Crippen LogP contribution in [0.5, 0.6) is 5.75 Å². The second kappa shape index (κ2) is 5.29. The van der Waals surface area contributed by atoms with E-state index >= 15 is 0 Å². The summed E-state index contributed by atoms with van der Waals surface area (Å²) in [5.41, 5.74) is 1.42. The van der Waals surface area contributed by atoms with E-state index in [0.717, 1.165) is 11.1 Å². The molecule has 0 aliphatic rings. The van der Waals surface area contributed by atoms with Gasteiger partial charge in [0.1, 0.15) is 5.75 Å². The van der Waals surface area contributed by atoms with Crippen LogP contribution in [0.15, 0.2) is 55.1 Å². The summed E-state index contributed by atoms with van der Waals surface area (Å²) in [6.07, 6.45) is 2.20. The average molecular weight is 254 g/mol. The summed E-state index contributed by atoms with van der Waals surface area (Å²) in [4.78, 5) is 0. The first-order valence-electron chi connectivity index (χ1n) is 6.26. The summed E-state index contributed by atoms with van der Waals surface area (Å²) < 4.78 is 0. The molecule has 0 saturated carbocycles. The van der Waals surface area contributed by atoms with Crippen LogP contribution < -0.4 is 0 Å². The second-order valence-electron chi connectivity index (χ2n) is 4.87. The van der Waals surface area contributed by atoms with Crippen molar-refractivity contribution in [3.05, 3.63) is 71.8 Å². The van der Waals surface area contributed by atoms with Crippen molar-refractivity contribution in [2.45, 2.75) is 18.9 Å². The Balaban J connectivity index is 2.36. The molecule has 98 valence electrons. The number of phenolic OH excluding ortho intramolecular Hbond substituents is 1. The van der Waals surface area contributed by atoms with Gasteiger partial charge in [-0.05, 0) is 24.1 Å². The lowest BCUT2D eigenvalue weighted by Crippen LogP contribution is -2.24. The molecule has 2 rings (SSSR count). The molecule has 2 nitrogen and oxygen atoms in total. The van der Waals surface area contributed by atoms with Gasteiger partial charge in [0.05, 0.1) is 5.60 Å². The Kier molecular flexibility index (Phi) is 3.72. The van der Waals surface area contributed by atoms with E-state index in [2.05, 4.69) is 6.58 Å². The molecule has 2 N–H and O–H groups in total. The molecule has 1 atom stereocenters. The normalized spacial score (nSPS) is 13.8. The SMILES string of the molecule is C=Cc1ccccc1CC(C)(O)c1ccccc1O. The van der Waals surface area contributed by atoms with Crippen LogP contribution in [-0.4, -0.2) is 10.2 Å². The van der Waals surface area contributed by atoms with Crippen molar-refractivity contribution < 1.29 is 10.2 Å². The third kappa shape index (κ3) is 2.85. The Morgan fingerprint density at radius 3 is 2.42 bits per heavy atom. The molecule has 1 unspecified atom stereocenters. The van der Waals surface area contributed by atoms with Crippen LogP contribution in [0.3, 0.4) is 0 Å². The predicted octanol–water partition coefficient (Wildman–Crippen LogP) is 3.49. The van der Waals surface area contributed by atoms with Gasteiger partial charge in [0, 0.05) is 12.0 Å². The molecule has 2 aromatic rings. The molecule has 2 heteroatoms. The third-order valence-corrected chi connectivity index (χ3v) is 3.29. The molecule has 0 aliphatic carbocycles. The first kappa shape index (κ1) is 13.4. The molecule has 0 bridgehead atoms. The average Bonchev–Trinajstić information content (AvgIpc) is 2.39. The topological polar surface area (TPSA) is 40.5 Å². The summed E-state index contributed by atoms with van der Waals surface area (Å²) in [5.74, 6) is 0.114. The van der Waals surface area contributed by atoms with Crippen molar-refractivity contribution in [2.24, 2.45) is 0 Å². The fraction of sp³-hybridized carbons (Fsp3) is 0.176. The van der Waals surface area contributed by atoms with E-state index in [9.17, 15) is 10.2 Å². The standard InChI is InChI=1S/C17H18O2/c1-3-13-8-4-5-9-14(13)12-17(2,19)15-10-6-7-11-16(15)18/h3-11,18-19H,1,12H2,2H3. The molecule has 0 aromatic heterocycles. The van der Waals surface area contributed by atoms with Crippen LogP contribution in [0.25, 0.3) is 6.08 Å². The highest BCUT2D eigenvalue weighted by Crippen LogP contribution is 2.32. The minimum atomic E-state index is -1.12. The molecular weight excluding hydrogens is 236 g/mol. The highest BCUT2D eigenvalue weighted by atomic mass is 16.3. The van der Waals surface area contributed by atoms with Crippen molar-refractivity contribution in [3.8, 4) is 5.75 Å². The van der Waals surface area contributed by atoms with E-state index in [1.807, 2.05) is 30.3 Å². The lowest BCUT2D eigenvalue weighted by Gasteiger charge is -2.25. The lowest BCUT2D eigenvalue weighted by atomic mass is 9.87. The highest BCUT2D eigenvalue weighted by molar-refractivity contribution is 5.52. The molecule has 0 spiro atoms. The van der Waals surface area contributed by atoms with Crippen LogP contribution in [0, 0.1) is 0 Å². The maximum absolute atomic E-state index is 10.6. The van der Waals surface area contributed by atoms with Crippen molar-refractivity contribution in [1.29, 1.82) is 0 Å².